The second kappa shape index (κ2) is 6.29. The van der Waals surface area contributed by atoms with Crippen molar-refractivity contribution in [3.05, 3.63) is 37.8 Å². The maximum atomic E-state index is 10.5. The molecule has 0 radical (unpaired) electrons. The molecule has 82 valence electrons. The lowest BCUT2D eigenvalue weighted by molar-refractivity contribution is -0.385. The molecule has 4 nitrogen and oxygen atoms in total. The van der Waals surface area contributed by atoms with Crippen LogP contribution in [-0.2, 0) is 0 Å². The van der Waals surface area contributed by atoms with Crippen molar-refractivity contribution < 1.29 is 9.72 Å². The van der Waals surface area contributed by atoms with Crippen molar-refractivity contribution in [1.82, 2.24) is 0 Å². The SMILES string of the molecule is CC.Cc1cc(Br)cc([N+](=O)[O-])c1C=O. The molecule has 0 aliphatic heterocycles. The maximum Gasteiger partial charge on any atom is 0.281 e. The van der Waals surface area contributed by atoms with E-state index in [0.717, 1.165) is 0 Å². The molecule has 0 saturated heterocycles. The maximum absolute atomic E-state index is 10.5. The Labute approximate surface area is 96.6 Å². The van der Waals surface area contributed by atoms with E-state index in [0.29, 0.717) is 16.3 Å². The highest BCUT2D eigenvalue weighted by Crippen LogP contribution is 2.25. The first-order valence-corrected chi connectivity index (χ1v) is 5.25. The normalized spacial score (nSPS) is 8.80. The van der Waals surface area contributed by atoms with Gasteiger partial charge in [-0.3, -0.25) is 14.9 Å². The van der Waals surface area contributed by atoms with Gasteiger partial charge in [0.1, 0.15) is 0 Å². The average molecular weight is 274 g/mol. The van der Waals surface area contributed by atoms with E-state index in [-0.39, 0.29) is 11.3 Å². The van der Waals surface area contributed by atoms with Gasteiger partial charge in [-0.1, -0.05) is 29.8 Å². The Kier molecular flexibility index (Phi) is 5.77. The van der Waals surface area contributed by atoms with Crippen LogP contribution in [0.15, 0.2) is 16.6 Å². The molecule has 15 heavy (non-hydrogen) atoms. The third-order valence-corrected chi connectivity index (χ3v) is 2.10. The Morgan fingerprint density at radius 3 is 2.33 bits per heavy atom. The molecule has 0 atom stereocenters. The fraction of sp³-hybridized carbons (Fsp3) is 0.300. The first kappa shape index (κ1) is 13.8. The Morgan fingerprint density at radius 2 is 1.93 bits per heavy atom. The summed E-state index contributed by atoms with van der Waals surface area (Å²) in [6, 6.07) is 2.98. The van der Waals surface area contributed by atoms with E-state index in [2.05, 4.69) is 15.9 Å². The number of benzene rings is 1. The van der Waals surface area contributed by atoms with Crippen LogP contribution in [0.3, 0.4) is 0 Å². The van der Waals surface area contributed by atoms with Gasteiger partial charge < -0.3 is 0 Å². The van der Waals surface area contributed by atoms with Gasteiger partial charge in [-0.15, -0.1) is 0 Å². The smallest absolute Gasteiger partial charge is 0.281 e. The molecule has 0 bridgehead atoms. The van der Waals surface area contributed by atoms with Crippen LogP contribution < -0.4 is 0 Å². The fourth-order valence-electron chi connectivity index (χ4n) is 1.04. The molecule has 0 aliphatic carbocycles. The van der Waals surface area contributed by atoms with Crippen molar-refractivity contribution in [3.63, 3.8) is 0 Å². The summed E-state index contributed by atoms with van der Waals surface area (Å²) < 4.78 is 0.599. The summed E-state index contributed by atoms with van der Waals surface area (Å²) >= 11 is 3.12. The van der Waals surface area contributed by atoms with Crippen molar-refractivity contribution in [3.8, 4) is 0 Å². The fourth-order valence-corrected chi connectivity index (χ4v) is 1.60. The number of aryl methyl sites for hydroxylation is 1. The molecular weight excluding hydrogens is 262 g/mol. The van der Waals surface area contributed by atoms with Gasteiger partial charge in [-0.25, -0.2) is 0 Å². The van der Waals surface area contributed by atoms with Gasteiger partial charge in [-0.05, 0) is 18.6 Å². The van der Waals surface area contributed by atoms with E-state index in [9.17, 15) is 14.9 Å². The third kappa shape index (κ3) is 3.43. The zero-order valence-electron chi connectivity index (χ0n) is 8.78. The molecule has 1 aromatic carbocycles. The van der Waals surface area contributed by atoms with Crippen LogP contribution in [0.25, 0.3) is 0 Å². The minimum Gasteiger partial charge on any atom is -0.298 e. The number of nitrogens with zero attached hydrogens (tertiary/aromatic N) is 1. The van der Waals surface area contributed by atoms with Gasteiger partial charge >= 0.3 is 0 Å². The summed E-state index contributed by atoms with van der Waals surface area (Å²) in [7, 11) is 0. The molecule has 0 heterocycles. The van der Waals surface area contributed by atoms with Crippen LogP contribution in [0.5, 0.6) is 0 Å². The number of rotatable bonds is 2. The number of nitro benzene ring substituents is 1. The van der Waals surface area contributed by atoms with E-state index in [1.54, 1.807) is 13.0 Å². The van der Waals surface area contributed by atoms with E-state index in [1.165, 1.54) is 6.07 Å². The monoisotopic (exact) mass is 273 g/mol. The van der Waals surface area contributed by atoms with E-state index >= 15 is 0 Å². The standard InChI is InChI=1S/C8H6BrNO3.C2H6/c1-5-2-6(9)3-8(10(12)13)7(5)4-11;1-2/h2-4H,1H3;1-2H3. The first-order valence-electron chi connectivity index (χ1n) is 4.46. The minimum absolute atomic E-state index is 0.133. The lowest BCUT2D eigenvalue weighted by Gasteiger charge is -2.00. The van der Waals surface area contributed by atoms with Crippen LogP contribution in [-0.4, -0.2) is 11.2 Å². The summed E-state index contributed by atoms with van der Waals surface area (Å²) in [5, 5.41) is 10.5. The number of hydrogen-bond donors (Lipinski definition) is 0. The lowest BCUT2D eigenvalue weighted by atomic mass is 10.1. The number of aldehydes is 1. The summed E-state index contributed by atoms with van der Waals surface area (Å²) in [4.78, 5) is 20.5. The van der Waals surface area contributed by atoms with Crippen molar-refractivity contribution in [2.45, 2.75) is 20.8 Å². The summed E-state index contributed by atoms with van der Waals surface area (Å²) in [6.45, 7) is 5.65. The number of carbonyl (C=O) groups excluding carboxylic acids is 1. The quantitative estimate of drug-likeness (QED) is 0.471. The Balaban J connectivity index is 0.000000921. The van der Waals surface area contributed by atoms with Crippen molar-refractivity contribution in [2.75, 3.05) is 0 Å². The molecule has 0 aliphatic rings. The molecular formula is C10H12BrNO3. The predicted molar refractivity (Wildman–Crippen MR) is 62.3 cm³/mol. The van der Waals surface area contributed by atoms with Gasteiger partial charge in [0.25, 0.3) is 5.69 Å². The van der Waals surface area contributed by atoms with Crippen LogP contribution in [0.2, 0.25) is 0 Å². The van der Waals surface area contributed by atoms with E-state index in [4.69, 9.17) is 0 Å². The van der Waals surface area contributed by atoms with Gasteiger partial charge in [0.2, 0.25) is 0 Å². The minimum atomic E-state index is -0.568. The van der Waals surface area contributed by atoms with Gasteiger partial charge in [-0.2, -0.15) is 0 Å². The van der Waals surface area contributed by atoms with E-state index < -0.39 is 4.92 Å². The highest BCUT2D eigenvalue weighted by atomic mass is 79.9. The Hall–Kier alpha value is -1.23. The second-order valence-electron chi connectivity index (χ2n) is 2.53. The lowest BCUT2D eigenvalue weighted by Crippen LogP contribution is -1.96. The van der Waals surface area contributed by atoms with E-state index in [1.807, 2.05) is 13.8 Å². The summed E-state index contributed by atoms with van der Waals surface area (Å²) in [5.74, 6) is 0. The molecule has 0 unspecified atom stereocenters. The van der Waals surface area contributed by atoms with Gasteiger partial charge in [0.15, 0.2) is 6.29 Å². The van der Waals surface area contributed by atoms with Gasteiger partial charge in [0.05, 0.1) is 10.5 Å². The van der Waals surface area contributed by atoms with Crippen LogP contribution >= 0.6 is 15.9 Å². The number of halogens is 1. The highest BCUT2D eigenvalue weighted by Gasteiger charge is 2.15. The van der Waals surface area contributed by atoms with Crippen molar-refractivity contribution >= 4 is 27.9 Å². The number of nitro groups is 1. The zero-order chi connectivity index (χ0) is 12.0. The highest BCUT2D eigenvalue weighted by molar-refractivity contribution is 9.10. The van der Waals surface area contributed by atoms with Crippen LogP contribution in [0.1, 0.15) is 29.8 Å². The average Bonchev–Trinajstić information content (AvgIpc) is 2.19. The Bertz CT molecular complexity index is 377. The molecule has 1 rings (SSSR count). The predicted octanol–water partition coefficient (Wildman–Crippen LogP) is 3.50. The second-order valence-corrected chi connectivity index (χ2v) is 3.45. The molecule has 0 saturated carbocycles. The molecule has 0 N–H and O–H groups in total. The Morgan fingerprint density at radius 1 is 1.40 bits per heavy atom. The molecule has 0 aromatic heterocycles. The van der Waals surface area contributed by atoms with Crippen molar-refractivity contribution in [1.29, 1.82) is 0 Å². The topological polar surface area (TPSA) is 60.2 Å². The molecule has 0 fully saturated rings. The third-order valence-electron chi connectivity index (χ3n) is 1.64. The molecule has 0 spiro atoms. The number of hydrogen-bond acceptors (Lipinski definition) is 3. The zero-order valence-corrected chi connectivity index (χ0v) is 10.4. The summed E-state index contributed by atoms with van der Waals surface area (Å²) in [6.07, 6.45) is 0.500. The number of carbonyl (C=O) groups is 1. The largest absolute Gasteiger partial charge is 0.298 e. The van der Waals surface area contributed by atoms with Crippen LogP contribution in [0.4, 0.5) is 5.69 Å². The first-order chi connectivity index (χ1) is 7.06. The van der Waals surface area contributed by atoms with Crippen LogP contribution in [0, 0.1) is 17.0 Å². The van der Waals surface area contributed by atoms with Gasteiger partial charge in [0, 0.05) is 10.5 Å². The molecule has 0 amide bonds. The van der Waals surface area contributed by atoms with Crippen molar-refractivity contribution in [2.24, 2.45) is 0 Å². The summed E-state index contributed by atoms with van der Waals surface area (Å²) in [5.41, 5.74) is 0.561. The molecule has 5 heteroatoms. The molecule has 1 aromatic rings.